The van der Waals surface area contributed by atoms with E-state index in [0.29, 0.717) is 5.92 Å². The largest absolute Gasteiger partial charge is 0.309 e. The third kappa shape index (κ3) is 3.01. The van der Waals surface area contributed by atoms with Crippen molar-refractivity contribution in [1.29, 1.82) is 0 Å². The zero-order valence-electron chi connectivity index (χ0n) is 11.4. The minimum atomic E-state index is 0.568. The van der Waals surface area contributed by atoms with E-state index in [0.717, 1.165) is 18.3 Å². The van der Waals surface area contributed by atoms with Gasteiger partial charge in [0.1, 0.15) is 5.69 Å². The van der Waals surface area contributed by atoms with Crippen LogP contribution < -0.4 is 5.32 Å². The average molecular weight is 273 g/mol. The Kier molecular flexibility index (Phi) is 3.62. The first-order chi connectivity index (χ1) is 9.24. The van der Waals surface area contributed by atoms with Crippen molar-refractivity contribution in [3.8, 4) is 11.3 Å². The molecule has 1 N–H and O–H groups in total. The zero-order valence-corrected chi connectivity index (χ0v) is 12.2. The van der Waals surface area contributed by atoms with Gasteiger partial charge in [-0.3, -0.25) is 0 Å². The molecule has 19 heavy (non-hydrogen) atoms. The van der Waals surface area contributed by atoms with Gasteiger partial charge in [-0.1, -0.05) is 42.6 Å². The van der Waals surface area contributed by atoms with Gasteiger partial charge in [0.15, 0.2) is 0 Å². The van der Waals surface area contributed by atoms with Crippen LogP contribution in [0, 0.1) is 0 Å². The van der Waals surface area contributed by atoms with Gasteiger partial charge in [-0.15, -0.1) is 5.10 Å². The van der Waals surface area contributed by atoms with Crippen LogP contribution in [0.3, 0.4) is 0 Å². The van der Waals surface area contributed by atoms with E-state index in [9.17, 15) is 0 Å². The van der Waals surface area contributed by atoms with Crippen LogP contribution in [-0.2, 0) is 6.54 Å². The number of aromatic nitrogens is 2. The molecule has 1 aliphatic carbocycles. The van der Waals surface area contributed by atoms with Crippen LogP contribution in [0.4, 0.5) is 0 Å². The molecule has 0 spiro atoms. The Hall–Kier alpha value is -1.26. The molecule has 1 heterocycles. The number of benzene rings is 1. The minimum absolute atomic E-state index is 0.568. The van der Waals surface area contributed by atoms with Crippen molar-refractivity contribution in [1.82, 2.24) is 14.9 Å². The van der Waals surface area contributed by atoms with E-state index >= 15 is 0 Å². The summed E-state index contributed by atoms with van der Waals surface area (Å²) in [6, 6.07) is 9.42. The highest BCUT2D eigenvalue weighted by Crippen LogP contribution is 2.27. The van der Waals surface area contributed by atoms with Crippen molar-refractivity contribution in [3.05, 3.63) is 34.7 Å². The minimum Gasteiger partial charge on any atom is -0.309 e. The predicted octanol–water partition coefficient (Wildman–Crippen LogP) is 3.58. The molecule has 0 saturated heterocycles. The molecule has 2 aromatic rings. The third-order valence-electron chi connectivity index (χ3n) is 3.54. The second-order valence-electron chi connectivity index (χ2n) is 5.48. The number of nitrogens with one attached hydrogen (secondary N) is 1. The summed E-state index contributed by atoms with van der Waals surface area (Å²) in [6.45, 7) is 5.32. The van der Waals surface area contributed by atoms with E-state index < -0.39 is 0 Å². The Morgan fingerprint density at radius 3 is 2.63 bits per heavy atom. The summed E-state index contributed by atoms with van der Waals surface area (Å²) in [5.74, 6) is 0.568. The van der Waals surface area contributed by atoms with E-state index in [1.807, 2.05) is 0 Å². The van der Waals surface area contributed by atoms with Crippen LogP contribution in [-0.4, -0.2) is 15.6 Å². The fourth-order valence-corrected chi connectivity index (χ4v) is 2.71. The lowest BCUT2D eigenvalue weighted by Crippen LogP contribution is -2.14. The maximum Gasteiger partial charge on any atom is 0.110 e. The summed E-state index contributed by atoms with van der Waals surface area (Å²) in [4.78, 5) is 1.24. The highest BCUT2D eigenvalue weighted by atomic mass is 32.1. The highest BCUT2D eigenvalue weighted by Gasteiger charge is 2.21. The first-order valence-corrected chi connectivity index (χ1v) is 7.66. The SMILES string of the molecule is CC(C)c1ccc(-c2nnsc2CNC2CC2)cc1. The van der Waals surface area contributed by atoms with Crippen LogP contribution in [0.1, 0.15) is 43.0 Å². The molecule has 1 aromatic carbocycles. The summed E-state index contributed by atoms with van der Waals surface area (Å²) in [6.07, 6.45) is 2.62. The van der Waals surface area contributed by atoms with Crippen LogP contribution in [0.25, 0.3) is 11.3 Å². The molecular formula is C15H19N3S. The lowest BCUT2D eigenvalue weighted by molar-refractivity contribution is 0.695. The summed E-state index contributed by atoms with van der Waals surface area (Å²) >= 11 is 1.50. The van der Waals surface area contributed by atoms with Gasteiger partial charge in [0.2, 0.25) is 0 Å². The third-order valence-corrected chi connectivity index (χ3v) is 4.26. The topological polar surface area (TPSA) is 37.8 Å². The molecule has 3 nitrogen and oxygen atoms in total. The molecule has 1 aromatic heterocycles. The predicted molar refractivity (Wildman–Crippen MR) is 79.3 cm³/mol. The molecule has 100 valence electrons. The second-order valence-corrected chi connectivity index (χ2v) is 6.32. The van der Waals surface area contributed by atoms with E-state index in [4.69, 9.17) is 0 Å². The van der Waals surface area contributed by atoms with Gasteiger partial charge in [-0.05, 0) is 35.9 Å². The number of hydrogen-bond donors (Lipinski definition) is 1. The molecule has 0 unspecified atom stereocenters. The van der Waals surface area contributed by atoms with Crippen LogP contribution >= 0.6 is 11.5 Å². The maximum atomic E-state index is 4.29. The highest BCUT2D eigenvalue weighted by molar-refractivity contribution is 7.05. The second kappa shape index (κ2) is 5.39. The van der Waals surface area contributed by atoms with Gasteiger partial charge in [0, 0.05) is 18.2 Å². The Bertz CT molecular complexity index is 541. The zero-order chi connectivity index (χ0) is 13.2. The standard InChI is InChI=1S/C15H19N3S/c1-10(2)11-3-5-12(6-4-11)15-14(19-18-17-15)9-16-13-7-8-13/h3-6,10,13,16H,7-9H2,1-2H3. The van der Waals surface area contributed by atoms with Crippen LogP contribution in [0.5, 0.6) is 0 Å². The van der Waals surface area contributed by atoms with E-state index in [1.165, 1.54) is 40.4 Å². The van der Waals surface area contributed by atoms with E-state index in [2.05, 4.69) is 53.0 Å². The van der Waals surface area contributed by atoms with E-state index in [-0.39, 0.29) is 0 Å². The van der Waals surface area contributed by atoms with Gasteiger partial charge >= 0.3 is 0 Å². The Morgan fingerprint density at radius 2 is 2.00 bits per heavy atom. The van der Waals surface area contributed by atoms with Crippen LogP contribution in [0.2, 0.25) is 0 Å². The first kappa shape index (κ1) is 12.8. The fraction of sp³-hybridized carbons (Fsp3) is 0.467. The number of rotatable bonds is 5. The average Bonchev–Trinajstić information content (AvgIpc) is 3.13. The van der Waals surface area contributed by atoms with Gasteiger partial charge in [0.25, 0.3) is 0 Å². The molecule has 0 bridgehead atoms. The normalized spacial score (nSPS) is 15.1. The van der Waals surface area contributed by atoms with Crippen molar-refractivity contribution >= 4 is 11.5 Å². The molecule has 0 radical (unpaired) electrons. The van der Waals surface area contributed by atoms with Crippen molar-refractivity contribution in [2.75, 3.05) is 0 Å². The van der Waals surface area contributed by atoms with Crippen molar-refractivity contribution in [2.45, 2.75) is 45.2 Å². The van der Waals surface area contributed by atoms with Crippen molar-refractivity contribution < 1.29 is 0 Å². The molecule has 0 amide bonds. The summed E-state index contributed by atoms with van der Waals surface area (Å²) in [7, 11) is 0. The lowest BCUT2D eigenvalue weighted by Gasteiger charge is -2.07. The summed E-state index contributed by atoms with van der Waals surface area (Å²) < 4.78 is 4.11. The smallest absolute Gasteiger partial charge is 0.110 e. The Labute approximate surface area is 118 Å². The van der Waals surface area contributed by atoms with Gasteiger partial charge in [-0.2, -0.15) is 0 Å². The van der Waals surface area contributed by atoms with Crippen LogP contribution in [0.15, 0.2) is 24.3 Å². The fourth-order valence-electron chi connectivity index (χ4n) is 2.09. The van der Waals surface area contributed by atoms with Gasteiger partial charge < -0.3 is 5.32 Å². The molecule has 0 aliphatic heterocycles. The van der Waals surface area contributed by atoms with Gasteiger partial charge in [0.05, 0.1) is 4.88 Å². The monoisotopic (exact) mass is 273 g/mol. The number of hydrogen-bond acceptors (Lipinski definition) is 4. The molecule has 3 rings (SSSR count). The molecule has 0 atom stereocenters. The van der Waals surface area contributed by atoms with Crippen molar-refractivity contribution in [2.24, 2.45) is 0 Å². The Morgan fingerprint density at radius 1 is 1.26 bits per heavy atom. The molecule has 1 saturated carbocycles. The summed E-state index contributed by atoms with van der Waals surface area (Å²) in [5, 5.41) is 7.82. The summed E-state index contributed by atoms with van der Waals surface area (Å²) in [5.41, 5.74) is 3.57. The number of nitrogens with zero attached hydrogens (tertiary/aromatic N) is 2. The van der Waals surface area contributed by atoms with E-state index in [1.54, 1.807) is 0 Å². The molecular weight excluding hydrogens is 254 g/mol. The first-order valence-electron chi connectivity index (χ1n) is 6.89. The molecule has 1 fully saturated rings. The Balaban J connectivity index is 1.78. The molecule has 4 heteroatoms. The lowest BCUT2D eigenvalue weighted by atomic mass is 10.0. The quantitative estimate of drug-likeness (QED) is 0.905. The maximum absolute atomic E-state index is 4.29. The van der Waals surface area contributed by atoms with Crippen molar-refractivity contribution in [3.63, 3.8) is 0 Å². The van der Waals surface area contributed by atoms with Gasteiger partial charge in [-0.25, -0.2) is 0 Å². The molecule has 1 aliphatic rings.